The topological polar surface area (TPSA) is 42.5 Å². The van der Waals surface area contributed by atoms with Gasteiger partial charge in [-0.3, -0.25) is 4.99 Å². The fourth-order valence-electron chi connectivity index (χ4n) is 8.87. The molecule has 0 fully saturated rings. The Kier molecular flexibility index (Phi) is 9.97. The van der Waals surface area contributed by atoms with Crippen LogP contribution >= 0.6 is 0 Å². The van der Waals surface area contributed by atoms with E-state index in [4.69, 9.17) is 15.1 Å². The molecule has 7 aromatic carbocycles. The molecule has 2 aromatic heterocycles. The number of pyridine rings is 1. The largest absolute Gasteiger partial charge is 0.253 e. The predicted molar refractivity (Wildman–Crippen MR) is 259 cm³/mol. The molecule has 10 rings (SSSR count). The van der Waals surface area contributed by atoms with Gasteiger partial charge in [-0.25, -0.2) is 9.50 Å². The summed E-state index contributed by atoms with van der Waals surface area (Å²) in [6, 6.07) is 66.3. The molecular formula is C58H46N4. The maximum Gasteiger partial charge on any atom is 0.182 e. The molecule has 1 aliphatic rings. The average Bonchev–Trinajstić information content (AvgIpc) is 3.87. The molecule has 62 heavy (non-hydrogen) atoms. The first-order valence-corrected chi connectivity index (χ1v) is 21.3. The third kappa shape index (κ3) is 7.30. The quantitative estimate of drug-likeness (QED) is 0.129. The van der Waals surface area contributed by atoms with Crippen LogP contribution in [0.3, 0.4) is 0 Å². The lowest BCUT2D eigenvalue weighted by Crippen LogP contribution is -2.14. The smallest absolute Gasteiger partial charge is 0.182 e. The maximum atomic E-state index is 5.33. The summed E-state index contributed by atoms with van der Waals surface area (Å²) in [6.45, 7) is 11.4. The summed E-state index contributed by atoms with van der Waals surface area (Å²) in [7, 11) is 0. The van der Waals surface area contributed by atoms with Crippen LogP contribution in [0.4, 0.5) is 0 Å². The molecule has 4 nitrogen and oxygen atoms in total. The van der Waals surface area contributed by atoms with Crippen molar-refractivity contribution in [2.45, 2.75) is 32.6 Å². The lowest BCUT2D eigenvalue weighted by atomic mass is 9.82. The van der Waals surface area contributed by atoms with Crippen molar-refractivity contribution in [3.8, 4) is 55.9 Å². The molecule has 4 heteroatoms. The van der Waals surface area contributed by atoms with Crippen LogP contribution in [0.15, 0.2) is 212 Å². The van der Waals surface area contributed by atoms with Gasteiger partial charge in [-0.1, -0.05) is 184 Å². The number of aliphatic imine (C=N–C) groups is 1. The van der Waals surface area contributed by atoms with Gasteiger partial charge in [0.1, 0.15) is 0 Å². The Labute approximate surface area is 364 Å². The van der Waals surface area contributed by atoms with Crippen LogP contribution in [0.1, 0.15) is 55.0 Å². The van der Waals surface area contributed by atoms with Crippen molar-refractivity contribution in [3.05, 3.63) is 235 Å². The van der Waals surface area contributed by atoms with E-state index in [1.54, 1.807) is 0 Å². The molecule has 2 heterocycles. The lowest BCUT2D eigenvalue weighted by molar-refractivity contribution is 0.660. The first-order valence-electron chi connectivity index (χ1n) is 21.3. The molecule has 0 spiro atoms. The highest BCUT2D eigenvalue weighted by Gasteiger charge is 2.35. The molecule has 0 aliphatic heterocycles. The molecule has 0 amide bonds. The lowest BCUT2D eigenvalue weighted by Gasteiger charge is -2.21. The van der Waals surface area contributed by atoms with Crippen molar-refractivity contribution < 1.29 is 0 Å². The van der Waals surface area contributed by atoms with Gasteiger partial charge in [0.15, 0.2) is 11.5 Å². The average molecular weight is 799 g/mol. The molecular weight excluding hydrogens is 753 g/mol. The minimum Gasteiger partial charge on any atom is -0.253 e. The number of benzene rings is 7. The summed E-state index contributed by atoms with van der Waals surface area (Å²) in [5.41, 5.74) is 19.3. The van der Waals surface area contributed by atoms with Gasteiger partial charge in [-0.2, -0.15) is 0 Å². The standard InChI is InChI=1S/C58H46N4/c1-39(41-19-9-5-10-20-41)29-32-55(44-25-15-8-16-26-44)59-40(2)46-33-47(45-30-31-54-52(36-45)50-27-17-18-28-53(50)58(54,3)4)35-48(34-46)56-60-57-51(43-23-13-7-14-24-43)37-49(38-62(57)61-56)42-21-11-6-12-22-42/h5-31,33-38H,2,32H2,1,3-4H3/b39-29+,59-55?. The number of nitrogens with zero attached hydrogens (tertiary/aromatic N) is 4. The van der Waals surface area contributed by atoms with Crippen LogP contribution in [-0.4, -0.2) is 20.3 Å². The molecule has 0 saturated carbocycles. The normalized spacial score (nSPS) is 13.2. The fraction of sp³-hybridized carbons (Fsp3) is 0.0862. The summed E-state index contributed by atoms with van der Waals surface area (Å²) in [5, 5.41) is 5.22. The van der Waals surface area contributed by atoms with Gasteiger partial charge >= 0.3 is 0 Å². The van der Waals surface area contributed by atoms with E-state index in [0.29, 0.717) is 17.9 Å². The summed E-state index contributed by atoms with van der Waals surface area (Å²) in [6.07, 6.45) is 4.99. The molecule has 0 bridgehead atoms. The van der Waals surface area contributed by atoms with Crippen LogP contribution in [0.5, 0.6) is 0 Å². The SMILES string of the molecule is C=C(N=C(C/C=C(\C)c1ccccc1)c1ccccc1)c1cc(-c2ccc3c(c2)-c2ccccc2C3(C)C)cc(-c2nc3c(-c4ccccc4)cc(-c4ccccc4)cn3n2)c1. The van der Waals surface area contributed by atoms with Gasteiger partial charge in [-0.15, -0.1) is 5.10 Å². The van der Waals surface area contributed by atoms with Crippen LogP contribution in [-0.2, 0) is 5.41 Å². The van der Waals surface area contributed by atoms with Gasteiger partial charge in [0, 0.05) is 40.3 Å². The van der Waals surface area contributed by atoms with E-state index < -0.39 is 0 Å². The third-order valence-electron chi connectivity index (χ3n) is 12.3. The Morgan fingerprint density at radius 1 is 0.548 bits per heavy atom. The van der Waals surface area contributed by atoms with Crippen molar-refractivity contribution in [1.29, 1.82) is 0 Å². The second-order valence-corrected chi connectivity index (χ2v) is 16.6. The molecule has 298 valence electrons. The highest BCUT2D eigenvalue weighted by atomic mass is 15.3. The zero-order chi connectivity index (χ0) is 42.2. The van der Waals surface area contributed by atoms with E-state index in [1.807, 2.05) is 22.7 Å². The van der Waals surface area contributed by atoms with E-state index in [-0.39, 0.29) is 5.41 Å². The first-order chi connectivity index (χ1) is 30.3. The molecule has 0 radical (unpaired) electrons. The Hall–Kier alpha value is -7.69. The highest BCUT2D eigenvalue weighted by molar-refractivity contribution is 6.05. The Morgan fingerprint density at radius 3 is 1.87 bits per heavy atom. The molecule has 0 unspecified atom stereocenters. The Bertz CT molecular complexity index is 3170. The second kappa shape index (κ2) is 16.1. The minimum atomic E-state index is -0.0862. The van der Waals surface area contributed by atoms with Crippen LogP contribution in [0.25, 0.3) is 72.8 Å². The van der Waals surface area contributed by atoms with Crippen molar-refractivity contribution in [2.75, 3.05) is 0 Å². The van der Waals surface area contributed by atoms with E-state index >= 15 is 0 Å². The number of rotatable bonds is 10. The first kappa shape index (κ1) is 38.5. The van der Waals surface area contributed by atoms with Gasteiger partial charge in [-0.05, 0) is 98.5 Å². The number of hydrogen-bond acceptors (Lipinski definition) is 3. The van der Waals surface area contributed by atoms with Crippen LogP contribution in [0.2, 0.25) is 0 Å². The highest BCUT2D eigenvalue weighted by Crippen LogP contribution is 2.49. The summed E-state index contributed by atoms with van der Waals surface area (Å²) in [4.78, 5) is 10.6. The Balaban J connectivity index is 1.14. The molecule has 0 atom stereocenters. The van der Waals surface area contributed by atoms with Crippen LogP contribution < -0.4 is 0 Å². The summed E-state index contributed by atoms with van der Waals surface area (Å²) >= 11 is 0. The van der Waals surface area contributed by atoms with Gasteiger partial charge in [0.25, 0.3) is 0 Å². The molecule has 9 aromatic rings. The third-order valence-corrected chi connectivity index (χ3v) is 12.3. The van der Waals surface area contributed by atoms with E-state index in [9.17, 15) is 0 Å². The molecule has 0 saturated heterocycles. The summed E-state index contributed by atoms with van der Waals surface area (Å²) in [5.74, 6) is 0.629. The fourth-order valence-corrected chi connectivity index (χ4v) is 8.87. The maximum absolute atomic E-state index is 5.33. The summed E-state index contributed by atoms with van der Waals surface area (Å²) < 4.78 is 1.93. The van der Waals surface area contributed by atoms with Gasteiger partial charge in [0.05, 0.1) is 11.4 Å². The van der Waals surface area contributed by atoms with E-state index in [0.717, 1.165) is 61.4 Å². The van der Waals surface area contributed by atoms with Gasteiger partial charge in [0.2, 0.25) is 0 Å². The Morgan fingerprint density at radius 2 is 1.15 bits per heavy atom. The predicted octanol–water partition coefficient (Wildman–Crippen LogP) is 14.7. The van der Waals surface area contributed by atoms with Crippen molar-refractivity contribution in [1.82, 2.24) is 14.6 Å². The number of fused-ring (bicyclic) bond motifs is 4. The molecule has 0 N–H and O–H groups in total. The molecule has 1 aliphatic carbocycles. The number of hydrogen-bond donors (Lipinski definition) is 0. The number of aromatic nitrogens is 3. The van der Waals surface area contributed by atoms with E-state index in [1.165, 1.54) is 33.4 Å². The van der Waals surface area contributed by atoms with E-state index in [2.05, 4.69) is 209 Å². The zero-order valence-corrected chi connectivity index (χ0v) is 35.3. The van der Waals surface area contributed by atoms with Crippen molar-refractivity contribution in [2.24, 2.45) is 4.99 Å². The second-order valence-electron chi connectivity index (χ2n) is 16.6. The van der Waals surface area contributed by atoms with Crippen LogP contribution in [0, 0.1) is 0 Å². The van der Waals surface area contributed by atoms with Crippen molar-refractivity contribution >= 4 is 22.6 Å². The monoisotopic (exact) mass is 798 g/mol. The minimum absolute atomic E-state index is 0.0862. The van der Waals surface area contributed by atoms with Crippen molar-refractivity contribution in [3.63, 3.8) is 0 Å². The van der Waals surface area contributed by atoms with Gasteiger partial charge < -0.3 is 0 Å². The number of allylic oxidation sites excluding steroid dienone is 2. The zero-order valence-electron chi connectivity index (χ0n) is 35.3.